The summed E-state index contributed by atoms with van der Waals surface area (Å²) in [6.45, 7) is 9.72. The third-order valence-electron chi connectivity index (χ3n) is 6.57. The van der Waals surface area contributed by atoms with Gasteiger partial charge in [0.25, 0.3) is 0 Å². The molecule has 156 valence electrons. The van der Waals surface area contributed by atoms with Crippen LogP contribution in [0, 0.1) is 13.8 Å². The molecule has 0 spiro atoms. The summed E-state index contributed by atoms with van der Waals surface area (Å²) >= 11 is 0. The maximum Gasteiger partial charge on any atom is 0.183 e. The number of likely N-dealkylation sites (N-methyl/N-ethyl adjacent to an activating group) is 1. The Hall–Kier alpha value is -2.17. The first-order valence-corrected chi connectivity index (χ1v) is 10.6. The maximum atomic E-state index is 13.8. The number of ether oxygens (including phenoxy) is 1. The molecule has 3 rings (SSSR count). The van der Waals surface area contributed by atoms with Gasteiger partial charge in [-0.3, -0.25) is 9.69 Å². The monoisotopic (exact) mass is 394 g/mol. The summed E-state index contributed by atoms with van der Waals surface area (Å²) in [5, 5.41) is 0. The van der Waals surface area contributed by atoms with Crippen molar-refractivity contribution < 1.29 is 9.53 Å². The zero-order valence-electron chi connectivity index (χ0n) is 18.5. The van der Waals surface area contributed by atoms with Crippen molar-refractivity contribution in [1.29, 1.82) is 0 Å². The standard InChI is InChI=1S/C25H34N2O2/c1-6-25(26(4)5,18-22-9-7-8-19(2)20(22)3)24(28)21-10-12-23(13-11-21)27-14-16-29-17-15-27/h7-13H,6,14-18H2,1-5H3. The number of carbonyl (C=O) groups excluding carboxylic acids is 1. The molecule has 0 amide bonds. The first kappa shape index (κ1) is 21.5. The van der Waals surface area contributed by atoms with Crippen molar-refractivity contribution in [3.8, 4) is 0 Å². The van der Waals surface area contributed by atoms with Gasteiger partial charge in [-0.2, -0.15) is 0 Å². The average molecular weight is 395 g/mol. The predicted octanol–water partition coefficient (Wildman–Crippen LogP) is 4.28. The van der Waals surface area contributed by atoms with Crippen molar-refractivity contribution in [1.82, 2.24) is 4.90 Å². The van der Waals surface area contributed by atoms with Crippen LogP contribution >= 0.6 is 0 Å². The second kappa shape index (κ2) is 9.10. The number of hydrogen-bond acceptors (Lipinski definition) is 4. The molecule has 0 aromatic heterocycles. The molecule has 1 atom stereocenters. The Morgan fingerprint density at radius 2 is 1.72 bits per heavy atom. The van der Waals surface area contributed by atoms with Gasteiger partial charge in [0.2, 0.25) is 0 Å². The highest BCUT2D eigenvalue weighted by atomic mass is 16.5. The van der Waals surface area contributed by atoms with Crippen LogP contribution in [0.3, 0.4) is 0 Å². The molecule has 0 saturated carbocycles. The summed E-state index contributed by atoms with van der Waals surface area (Å²) in [5.74, 6) is 0.194. The molecule has 1 saturated heterocycles. The number of carbonyl (C=O) groups is 1. The molecule has 0 bridgehead atoms. The Kier molecular flexibility index (Phi) is 6.76. The average Bonchev–Trinajstić information content (AvgIpc) is 2.75. The normalized spacial score (nSPS) is 16.7. The Morgan fingerprint density at radius 3 is 2.31 bits per heavy atom. The van der Waals surface area contributed by atoms with E-state index in [4.69, 9.17) is 4.74 Å². The SMILES string of the molecule is CCC(Cc1cccc(C)c1C)(C(=O)c1ccc(N2CCOCC2)cc1)N(C)C. The number of anilines is 1. The molecular formula is C25H34N2O2. The van der Waals surface area contributed by atoms with Gasteiger partial charge >= 0.3 is 0 Å². The quantitative estimate of drug-likeness (QED) is 0.657. The molecule has 29 heavy (non-hydrogen) atoms. The Balaban J connectivity index is 1.90. The van der Waals surface area contributed by atoms with Crippen LogP contribution < -0.4 is 4.90 Å². The number of benzene rings is 2. The van der Waals surface area contributed by atoms with E-state index >= 15 is 0 Å². The van der Waals surface area contributed by atoms with Crippen LogP contribution in [0.4, 0.5) is 5.69 Å². The molecule has 2 aromatic carbocycles. The number of aryl methyl sites for hydroxylation is 1. The lowest BCUT2D eigenvalue weighted by Crippen LogP contribution is -2.52. The summed E-state index contributed by atoms with van der Waals surface area (Å²) < 4.78 is 5.44. The first-order valence-electron chi connectivity index (χ1n) is 10.6. The summed E-state index contributed by atoms with van der Waals surface area (Å²) in [4.78, 5) is 18.2. The van der Waals surface area contributed by atoms with E-state index in [-0.39, 0.29) is 5.78 Å². The Bertz CT molecular complexity index is 838. The van der Waals surface area contributed by atoms with E-state index in [1.165, 1.54) is 16.7 Å². The van der Waals surface area contributed by atoms with Gasteiger partial charge in [-0.05, 0) is 81.7 Å². The van der Waals surface area contributed by atoms with Crippen molar-refractivity contribution in [2.45, 2.75) is 39.2 Å². The lowest BCUT2D eigenvalue weighted by molar-refractivity contribution is 0.0666. The first-order chi connectivity index (χ1) is 13.9. The van der Waals surface area contributed by atoms with Gasteiger partial charge in [0.05, 0.1) is 18.8 Å². The lowest BCUT2D eigenvalue weighted by Gasteiger charge is -2.39. The van der Waals surface area contributed by atoms with Crippen LogP contribution in [0.25, 0.3) is 0 Å². The second-order valence-corrected chi connectivity index (χ2v) is 8.29. The molecule has 1 unspecified atom stereocenters. The molecule has 0 aliphatic carbocycles. The Morgan fingerprint density at radius 1 is 1.07 bits per heavy atom. The van der Waals surface area contributed by atoms with E-state index in [1.54, 1.807) is 0 Å². The van der Waals surface area contributed by atoms with Crippen LogP contribution in [0.15, 0.2) is 42.5 Å². The van der Waals surface area contributed by atoms with E-state index in [9.17, 15) is 4.79 Å². The molecular weight excluding hydrogens is 360 g/mol. The molecule has 1 aliphatic heterocycles. The van der Waals surface area contributed by atoms with Crippen molar-refractivity contribution in [2.24, 2.45) is 0 Å². The highest BCUT2D eigenvalue weighted by molar-refractivity contribution is 6.03. The fraction of sp³-hybridized carbons (Fsp3) is 0.480. The van der Waals surface area contributed by atoms with Gasteiger partial charge in [0, 0.05) is 24.3 Å². The number of rotatable bonds is 7. The van der Waals surface area contributed by atoms with Gasteiger partial charge < -0.3 is 9.64 Å². The van der Waals surface area contributed by atoms with Crippen LogP contribution in [-0.2, 0) is 11.2 Å². The summed E-state index contributed by atoms with van der Waals surface area (Å²) in [7, 11) is 4.04. The minimum absolute atomic E-state index is 0.194. The number of ketones is 1. The van der Waals surface area contributed by atoms with Crippen molar-refractivity contribution in [3.63, 3.8) is 0 Å². The minimum atomic E-state index is -0.557. The molecule has 1 aliphatic rings. The van der Waals surface area contributed by atoms with Gasteiger partial charge in [0.15, 0.2) is 5.78 Å². The maximum absolute atomic E-state index is 13.8. The third-order valence-corrected chi connectivity index (χ3v) is 6.57. The van der Waals surface area contributed by atoms with Gasteiger partial charge in [-0.25, -0.2) is 0 Å². The van der Waals surface area contributed by atoms with Crippen LogP contribution in [-0.4, -0.2) is 56.6 Å². The van der Waals surface area contributed by atoms with E-state index in [1.807, 2.05) is 26.2 Å². The molecule has 4 nitrogen and oxygen atoms in total. The Labute approximate surface area is 175 Å². The summed E-state index contributed by atoms with van der Waals surface area (Å²) in [6, 6.07) is 14.5. The number of nitrogens with zero attached hydrogens (tertiary/aromatic N) is 2. The molecule has 2 aromatic rings. The fourth-order valence-corrected chi connectivity index (χ4v) is 4.28. The third kappa shape index (κ3) is 4.39. The highest BCUT2D eigenvalue weighted by Crippen LogP contribution is 2.30. The topological polar surface area (TPSA) is 32.8 Å². The second-order valence-electron chi connectivity index (χ2n) is 8.29. The summed E-state index contributed by atoms with van der Waals surface area (Å²) in [5.41, 5.74) is 5.18. The van der Waals surface area contributed by atoms with Crippen LogP contribution in [0.5, 0.6) is 0 Å². The fourth-order valence-electron chi connectivity index (χ4n) is 4.28. The van der Waals surface area contributed by atoms with E-state index in [0.29, 0.717) is 6.42 Å². The number of hydrogen-bond donors (Lipinski definition) is 0. The predicted molar refractivity (Wildman–Crippen MR) is 120 cm³/mol. The zero-order chi connectivity index (χ0) is 21.0. The summed E-state index contributed by atoms with van der Waals surface area (Å²) in [6.07, 6.45) is 1.48. The smallest absolute Gasteiger partial charge is 0.183 e. The lowest BCUT2D eigenvalue weighted by atomic mass is 9.79. The highest BCUT2D eigenvalue weighted by Gasteiger charge is 2.39. The molecule has 0 N–H and O–H groups in total. The van der Waals surface area contributed by atoms with Gasteiger partial charge in [-0.1, -0.05) is 25.1 Å². The molecule has 0 radical (unpaired) electrons. The van der Waals surface area contributed by atoms with Crippen molar-refractivity contribution >= 4 is 11.5 Å². The van der Waals surface area contributed by atoms with Crippen LogP contribution in [0.1, 0.15) is 40.4 Å². The molecule has 1 fully saturated rings. The van der Waals surface area contributed by atoms with Crippen molar-refractivity contribution in [2.75, 3.05) is 45.3 Å². The van der Waals surface area contributed by atoms with E-state index < -0.39 is 5.54 Å². The zero-order valence-corrected chi connectivity index (χ0v) is 18.5. The minimum Gasteiger partial charge on any atom is -0.378 e. The van der Waals surface area contributed by atoms with E-state index in [2.05, 4.69) is 60.9 Å². The van der Waals surface area contributed by atoms with Crippen molar-refractivity contribution in [3.05, 3.63) is 64.7 Å². The largest absolute Gasteiger partial charge is 0.378 e. The number of morpholine rings is 1. The molecule has 1 heterocycles. The van der Waals surface area contributed by atoms with Gasteiger partial charge in [0.1, 0.15) is 0 Å². The van der Waals surface area contributed by atoms with Gasteiger partial charge in [-0.15, -0.1) is 0 Å². The van der Waals surface area contributed by atoms with E-state index in [0.717, 1.165) is 44.0 Å². The number of Topliss-reactive ketones (excluding diaryl/α,β-unsaturated/α-hetero) is 1. The molecule has 4 heteroatoms. The van der Waals surface area contributed by atoms with Crippen LogP contribution in [0.2, 0.25) is 0 Å².